The van der Waals surface area contributed by atoms with Crippen molar-refractivity contribution in [2.24, 2.45) is 0 Å². The first kappa shape index (κ1) is 14.3. The monoisotopic (exact) mass is 279 g/mol. The zero-order valence-electron chi connectivity index (χ0n) is 10.9. The smallest absolute Gasteiger partial charge is 0.326 e. The molecular formula is C13H17N3O4. The molecule has 0 aromatic carbocycles. The largest absolute Gasteiger partial charge is 0.480 e. The normalized spacial score (nSPS) is 21.8. The molecular weight excluding hydrogens is 262 g/mol. The molecule has 0 saturated carbocycles. The number of carbonyl (C=O) groups is 2. The Hall–Kier alpha value is -2.15. The summed E-state index contributed by atoms with van der Waals surface area (Å²) in [6, 6.07) is 2.30. The van der Waals surface area contributed by atoms with Crippen LogP contribution in [-0.4, -0.2) is 57.3 Å². The van der Waals surface area contributed by atoms with Crippen LogP contribution >= 0.6 is 0 Å². The van der Waals surface area contributed by atoms with E-state index in [1.807, 2.05) is 12.1 Å². The van der Waals surface area contributed by atoms with Gasteiger partial charge in [-0.3, -0.25) is 4.98 Å². The molecule has 1 aliphatic rings. The second-order valence-corrected chi connectivity index (χ2v) is 4.73. The van der Waals surface area contributed by atoms with Gasteiger partial charge >= 0.3 is 12.0 Å². The highest BCUT2D eigenvalue weighted by Gasteiger charge is 2.38. The van der Waals surface area contributed by atoms with Crippen LogP contribution in [0.25, 0.3) is 0 Å². The van der Waals surface area contributed by atoms with Gasteiger partial charge in [0.25, 0.3) is 0 Å². The number of pyridine rings is 1. The molecule has 2 amide bonds. The number of likely N-dealkylation sites (tertiary alicyclic amines) is 1. The van der Waals surface area contributed by atoms with Gasteiger partial charge in [-0.2, -0.15) is 0 Å². The topological polar surface area (TPSA) is 103 Å². The van der Waals surface area contributed by atoms with Crippen molar-refractivity contribution in [3.63, 3.8) is 0 Å². The maximum absolute atomic E-state index is 11.9. The highest BCUT2D eigenvalue weighted by atomic mass is 16.4. The molecule has 1 saturated heterocycles. The van der Waals surface area contributed by atoms with E-state index in [1.54, 1.807) is 12.4 Å². The Morgan fingerprint density at radius 2 is 2.10 bits per heavy atom. The first-order valence-corrected chi connectivity index (χ1v) is 6.42. The highest BCUT2D eigenvalue weighted by Crippen LogP contribution is 2.18. The van der Waals surface area contributed by atoms with Crippen molar-refractivity contribution in [3.05, 3.63) is 30.1 Å². The Balaban J connectivity index is 1.84. The van der Waals surface area contributed by atoms with Crippen molar-refractivity contribution in [1.82, 2.24) is 15.2 Å². The van der Waals surface area contributed by atoms with Gasteiger partial charge in [0.15, 0.2) is 0 Å². The molecule has 0 unspecified atom stereocenters. The number of aliphatic hydroxyl groups excluding tert-OH is 1. The van der Waals surface area contributed by atoms with E-state index < -0.39 is 24.1 Å². The standard InChI is InChI=1S/C13H17N3O4/c17-10-7-11(12(18)19)16(8-10)13(20)15-6-3-9-1-4-14-5-2-9/h1-2,4-5,10-11,17H,3,6-8H2,(H,15,20)(H,18,19)/t10-,11-/m0/s1. The number of hydrogen-bond acceptors (Lipinski definition) is 4. The third kappa shape index (κ3) is 3.45. The minimum Gasteiger partial charge on any atom is -0.480 e. The van der Waals surface area contributed by atoms with Gasteiger partial charge in [-0.15, -0.1) is 0 Å². The Kier molecular flexibility index (Phi) is 4.52. The quantitative estimate of drug-likeness (QED) is 0.711. The first-order chi connectivity index (χ1) is 9.58. The van der Waals surface area contributed by atoms with Gasteiger partial charge < -0.3 is 20.4 Å². The molecule has 2 rings (SSSR count). The van der Waals surface area contributed by atoms with E-state index >= 15 is 0 Å². The molecule has 3 N–H and O–H groups in total. The van der Waals surface area contributed by atoms with Crippen molar-refractivity contribution < 1.29 is 19.8 Å². The maximum Gasteiger partial charge on any atom is 0.326 e. The third-order valence-electron chi connectivity index (χ3n) is 3.26. The molecule has 0 radical (unpaired) electrons. The van der Waals surface area contributed by atoms with Gasteiger partial charge in [0.05, 0.1) is 6.10 Å². The lowest BCUT2D eigenvalue weighted by Gasteiger charge is -2.21. The lowest BCUT2D eigenvalue weighted by Crippen LogP contribution is -2.46. The van der Waals surface area contributed by atoms with Crippen LogP contribution in [-0.2, 0) is 11.2 Å². The molecule has 0 aliphatic carbocycles. The van der Waals surface area contributed by atoms with Crippen molar-refractivity contribution in [2.75, 3.05) is 13.1 Å². The summed E-state index contributed by atoms with van der Waals surface area (Å²) in [6.07, 6.45) is 3.29. The number of urea groups is 1. The van der Waals surface area contributed by atoms with E-state index in [9.17, 15) is 14.7 Å². The molecule has 0 bridgehead atoms. The van der Waals surface area contributed by atoms with E-state index in [2.05, 4.69) is 10.3 Å². The molecule has 2 atom stereocenters. The van der Waals surface area contributed by atoms with Crippen LogP contribution in [0.2, 0.25) is 0 Å². The summed E-state index contributed by atoms with van der Waals surface area (Å²) in [7, 11) is 0. The Labute approximate surface area is 116 Å². The second kappa shape index (κ2) is 6.33. The number of hydrogen-bond donors (Lipinski definition) is 3. The zero-order chi connectivity index (χ0) is 14.5. The number of nitrogens with zero attached hydrogens (tertiary/aromatic N) is 2. The van der Waals surface area contributed by atoms with Crippen LogP contribution in [0.3, 0.4) is 0 Å². The van der Waals surface area contributed by atoms with Crippen LogP contribution in [0.4, 0.5) is 4.79 Å². The minimum absolute atomic E-state index is 0.0536. The number of carbonyl (C=O) groups excluding carboxylic acids is 1. The van der Waals surface area contributed by atoms with Crippen LogP contribution in [0.1, 0.15) is 12.0 Å². The van der Waals surface area contributed by atoms with Crippen LogP contribution in [0, 0.1) is 0 Å². The van der Waals surface area contributed by atoms with Gasteiger partial charge in [-0.25, -0.2) is 9.59 Å². The number of aliphatic carboxylic acids is 1. The van der Waals surface area contributed by atoms with Crippen LogP contribution in [0.15, 0.2) is 24.5 Å². The summed E-state index contributed by atoms with van der Waals surface area (Å²) in [5.74, 6) is -1.09. The zero-order valence-corrected chi connectivity index (χ0v) is 10.9. The Morgan fingerprint density at radius 3 is 2.75 bits per heavy atom. The number of nitrogens with one attached hydrogen (secondary N) is 1. The summed E-state index contributed by atoms with van der Waals surface area (Å²) in [4.78, 5) is 28.0. The molecule has 1 aromatic heterocycles. The van der Waals surface area contributed by atoms with Crippen molar-refractivity contribution >= 4 is 12.0 Å². The predicted octanol–water partition coefficient (Wildman–Crippen LogP) is -0.146. The predicted molar refractivity (Wildman–Crippen MR) is 70.1 cm³/mol. The number of rotatable bonds is 4. The summed E-state index contributed by atoms with van der Waals surface area (Å²) < 4.78 is 0. The number of aromatic nitrogens is 1. The van der Waals surface area contributed by atoms with Gasteiger partial charge in [0.1, 0.15) is 6.04 Å². The Morgan fingerprint density at radius 1 is 1.40 bits per heavy atom. The van der Waals surface area contributed by atoms with Crippen molar-refractivity contribution in [1.29, 1.82) is 0 Å². The molecule has 0 spiro atoms. The summed E-state index contributed by atoms with van der Waals surface area (Å²) in [5.41, 5.74) is 1.04. The molecule has 1 aliphatic heterocycles. The summed E-state index contributed by atoms with van der Waals surface area (Å²) >= 11 is 0. The third-order valence-corrected chi connectivity index (χ3v) is 3.26. The van der Waals surface area contributed by atoms with Gasteiger partial charge in [-0.05, 0) is 24.1 Å². The molecule has 7 nitrogen and oxygen atoms in total. The van der Waals surface area contributed by atoms with Crippen LogP contribution in [0.5, 0.6) is 0 Å². The van der Waals surface area contributed by atoms with E-state index in [0.717, 1.165) is 5.56 Å². The number of aliphatic hydroxyl groups is 1. The number of β-amino-alcohol motifs (C(OH)–C–C–N with tert-alkyl or cyclic N) is 1. The summed E-state index contributed by atoms with van der Waals surface area (Å²) in [6.45, 7) is 0.458. The molecule has 20 heavy (non-hydrogen) atoms. The first-order valence-electron chi connectivity index (χ1n) is 6.42. The average molecular weight is 279 g/mol. The Bertz CT molecular complexity index is 480. The number of amides is 2. The van der Waals surface area contributed by atoms with Crippen molar-refractivity contribution in [2.45, 2.75) is 25.0 Å². The lowest BCUT2D eigenvalue weighted by molar-refractivity contribution is -0.141. The van der Waals surface area contributed by atoms with Crippen LogP contribution < -0.4 is 5.32 Å². The molecule has 7 heteroatoms. The van der Waals surface area contributed by atoms with Gasteiger partial charge in [0.2, 0.25) is 0 Å². The fourth-order valence-electron chi connectivity index (χ4n) is 2.24. The van der Waals surface area contributed by atoms with Gasteiger partial charge in [0, 0.05) is 31.9 Å². The highest BCUT2D eigenvalue weighted by molar-refractivity contribution is 5.83. The van der Waals surface area contributed by atoms with E-state index in [4.69, 9.17) is 5.11 Å². The fraction of sp³-hybridized carbons (Fsp3) is 0.462. The minimum atomic E-state index is -1.09. The molecule has 1 aromatic rings. The maximum atomic E-state index is 11.9. The van der Waals surface area contributed by atoms with Gasteiger partial charge in [-0.1, -0.05) is 0 Å². The molecule has 108 valence electrons. The number of carboxylic acid groups (broad SMARTS) is 1. The van der Waals surface area contributed by atoms with E-state index in [1.165, 1.54) is 4.90 Å². The van der Waals surface area contributed by atoms with Crippen molar-refractivity contribution in [3.8, 4) is 0 Å². The van der Waals surface area contributed by atoms with E-state index in [0.29, 0.717) is 13.0 Å². The second-order valence-electron chi connectivity index (χ2n) is 4.73. The molecule has 2 heterocycles. The fourth-order valence-corrected chi connectivity index (χ4v) is 2.24. The summed E-state index contributed by atoms with van der Waals surface area (Å²) in [5, 5.41) is 21.2. The molecule has 1 fully saturated rings. The lowest BCUT2D eigenvalue weighted by atomic mass is 10.2. The SMILES string of the molecule is O=C(O)[C@@H]1C[C@H](O)CN1C(=O)NCCc1ccncc1. The number of carboxylic acids is 1. The van der Waals surface area contributed by atoms with E-state index in [-0.39, 0.29) is 13.0 Å². The average Bonchev–Trinajstić information content (AvgIpc) is 2.82.